The van der Waals surface area contributed by atoms with Crippen LogP contribution in [0.3, 0.4) is 0 Å². The molecule has 0 saturated carbocycles. The van der Waals surface area contributed by atoms with Gasteiger partial charge in [0.2, 0.25) is 0 Å². The van der Waals surface area contributed by atoms with E-state index in [0.717, 1.165) is 0 Å². The van der Waals surface area contributed by atoms with Crippen molar-refractivity contribution in [2.45, 2.75) is 13.0 Å². The Morgan fingerprint density at radius 2 is 2.04 bits per heavy atom. The summed E-state index contributed by atoms with van der Waals surface area (Å²) in [5, 5.41) is 13.5. The Kier molecular flexibility index (Phi) is 5.72. The van der Waals surface area contributed by atoms with Gasteiger partial charge in [-0.15, -0.1) is 11.3 Å². The Morgan fingerprint density at radius 1 is 1.30 bits per heavy atom. The number of hydrogen-bond donors (Lipinski definition) is 1. The van der Waals surface area contributed by atoms with Crippen molar-refractivity contribution in [2.75, 3.05) is 11.9 Å². The lowest BCUT2D eigenvalue weighted by Crippen LogP contribution is -2.29. The molecule has 1 amide bonds. The van der Waals surface area contributed by atoms with Crippen LogP contribution in [0, 0.1) is 11.3 Å². The third kappa shape index (κ3) is 4.83. The molecule has 0 spiro atoms. The maximum absolute atomic E-state index is 11.8. The number of hydrogen-bond acceptors (Lipinski definition) is 6. The number of esters is 1. The number of benzene rings is 1. The lowest BCUT2D eigenvalue weighted by atomic mass is 10.3. The van der Waals surface area contributed by atoms with Crippen LogP contribution in [0.1, 0.15) is 12.5 Å². The van der Waals surface area contributed by atoms with Gasteiger partial charge < -0.3 is 14.8 Å². The Hall–Kier alpha value is -2.85. The van der Waals surface area contributed by atoms with Crippen molar-refractivity contribution in [3.8, 4) is 11.8 Å². The molecule has 1 N–H and O–H groups in total. The molecular formula is C16H14N2O4S. The summed E-state index contributed by atoms with van der Waals surface area (Å²) in [5.74, 6) is -0.612. The summed E-state index contributed by atoms with van der Waals surface area (Å²) in [4.78, 5) is 23.5. The van der Waals surface area contributed by atoms with Crippen molar-refractivity contribution < 1.29 is 19.1 Å². The molecule has 1 aromatic heterocycles. The highest BCUT2D eigenvalue weighted by molar-refractivity contribution is 7.14. The Bertz CT molecular complexity index is 721. The average Bonchev–Trinajstić information content (AvgIpc) is 3.00. The molecule has 0 aliphatic heterocycles. The molecule has 0 radical (unpaired) electrons. The molecule has 1 aromatic carbocycles. The van der Waals surface area contributed by atoms with Crippen LogP contribution in [-0.4, -0.2) is 24.6 Å². The number of para-hydroxylation sites is 1. The van der Waals surface area contributed by atoms with Crippen LogP contribution >= 0.6 is 11.3 Å². The number of carbonyl (C=O) groups excluding carboxylic acids is 2. The SMILES string of the molecule is C[C@H](Oc1ccccc1)C(=O)OCC(=O)Nc1sccc1C#N. The fraction of sp³-hybridized carbons (Fsp3) is 0.188. The number of thiophene rings is 1. The zero-order valence-corrected chi connectivity index (χ0v) is 13.1. The van der Waals surface area contributed by atoms with Crippen molar-refractivity contribution in [1.82, 2.24) is 0 Å². The molecule has 6 nitrogen and oxygen atoms in total. The number of nitrogens with one attached hydrogen (secondary N) is 1. The number of carbonyl (C=O) groups is 2. The third-order valence-electron chi connectivity index (χ3n) is 2.77. The third-order valence-corrected chi connectivity index (χ3v) is 3.60. The minimum atomic E-state index is -0.832. The van der Waals surface area contributed by atoms with E-state index in [1.165, 1.54) is 11.3 Å². The topological polar surface area (TPSA) is 88.4 Å². The van der Waals surface area contributed by atoms with E-state index in [1.54, 1.807) is 42.6 Å². The summed E-state index contributed by atoms with van der Waals surface area (Å²) in [5.41, 5.74) is 0.371. The highest BCUT2D eigenvalue weighted by Crippen LogP contribution is 2.21. The molecule has 0 fully saturated rings. The zero-order valence-electron chi connectivity index (χ0n) is 12.3. The van der Waals surface area contributed by atoms with Crippen LogP contribution in [-0.2, 0) is 14.3 Å². The molecule has 2 aromatic rings. The van der Waals surface area contributed by atoms with E-state index in [0.29, 0.717) is 16.3 Å². The summed E-state index contributed by atoms with van der Waals surface area (Å²) in [6.45, 7) is 1.10. The molecule has 1 heterocycles. The standard InChI is InChI=1S/C16H14N2O4S/c1-11(22-13-5-3-2-4-6-13)16(20)21-10-14(19)18-15-12(9-17)7-8-23-15/h2-8,11H,10H2,1H3,(H,18,19)/t11-/m0/s1. The fourth-order valence-electron chi connectivity index (χ4n) is 1.66. The van der Waals surface area contributed by atoms with E-state index in [2.05, 4.69) is 5.32 Å². The first-order chi connectivity index (χ1) is 11.1. The molecular weight excluding hydrogens is 316 g/mol. The van der Waals surface area contributed by atoms with Gasteiger partial charge in [0, 0.05) is 0 Å². The molecule has 7 heteroatoms. The van der Waals surface area contributed by atoms with Gasteiger partial charge >= 0.3 is 5.97 Å². The van der Waals surface area contributed by atoms with Gasteiger partial charge in [-0.05, 0) is 30.5 Å². The second-order valence-corrected chi connectivity index (χ2v) is 5.42. The fourth-order valence-corrected chi connectivity index (χ4v) is 2.42. The van der Waals surface area contributed by atoms with Crippen molar-refractivity contribution >= 4 is 28.2 Å². The molecule has 0 unspecified atom stereocenters. The highest BCUT2D eigenvalue weighted by Gasteiger charge is 2.18. The van der Waals surface area contributed by atoms with Crippen LogP contribution < -0.4 is 10.1 Å². The Balaban J connectivity index is 1.79. The van der Waals surface area contributed by atoms with Gasteiger partial charge in [0.05, 0.1) is 5.56 Å². The van der Waals surface area contributed by atoms with E-state index in [1.807, 2.05) is 12.1 Å². The van der Waals surface area contributed by atoms with Crippen molar-refractivity contribution in [1.29, 1.82) is 5.26 Å². The molecule has 0 bridgehead atoms. The van der Waals surface area contributed by atoms with Gasteiger partial charge in [-0.1, -0.05) is 18.2 Å². The van der Waals surface area contributed by atoms with Crippen LogP contribution in [0.5, 0.6) is 5.75 Å². The predicted octanol–water partition coefficient (Wildman–Crippen LogP) is 2.57. The predicted molar refractivity (Wildman–Crippen MR) is 85.2 cm³/mol. The van der Waals surface area contributed by atoms with E-state index in [4.69, 9.17) is 14.7 Å². The number of nitrogens with zero attached hydrogens (tertiary/aromatic N) is 1. The number of ether oxygens (including phenoxy) is 2. The van der Waals surface area contributed by atoms with Crippen molar-refractivity contribution in [3.05, 3.63) is 47.3 Å². The summed E-state index contributed by atoms with van der Waals surface area (Å²) < 4.78 is 10.3. The summed E-state index contributed by atoms with van der Waals surface area (Å²) in [6, 6.07) is 12.4. The Labute approximate surface area is 137 Å². The molecule has 0 aliphatic rings. The van der Waals surface area contributed by atoms with E-state index in [9.17, 15) is 9.59 Å². The van der Waals surface area contributed by atoms with Gasteiger partial charge in [-0.2, -0.15) is 5.26 Å². The number of anilines is 1. The van der Waals surface area contributed by atoms with Gasteiger partial charge in [-0.25, -0.2) is 4.79 Å². The second-order valence-electron chi connectivity index (χ2n) is 4.50. The maximum atomic E-state index is 11.8. The van der Waals surface area contributed by atoms with Gasteiger partial charge in [0.25, 0.3) is 5.91 Å². The first kappa shape index (κ1) is 16.5. The minimum absolute atomic E-state index is 0.371. The van der Waals surface area contributed by atoms with E-state index in [-0.39, 0.29) is 0 Å². The molecule has 2 rings (SSSR count). The molecule has 0 aliphatic carbocycles. The highest BCUT2D eigenvalue weighted by atomic mass is 32.1. The lowest BCUT2D eigenvalue weighted by Gasteiger charge is -2.13. The smallest absolute Gasteiger partial charge is 0.347 e. The van der Waals surface area contributed by atoms with Crippen LogP contribution in [0.15, 0.2) is 41.8 Å². The van der Waals surface area contributed by atoms with Crippen LogP contribution in [0.25, 0.3) is 0 Å². The minimum Gasteiger partial charge on any atom is -0.479 e. The largest absolute Gasteiger partial charge is 0.479 e. The molecule has 1 atom stereocenters. The van der Waals surface area contributed by atoms with Crippen molar-refractivity contribution in [3.63, 3.8) is 0 Å². The van der Waals surface area contributed by atoms with Gasteiger partial charge in [-0.3, -0.25) is 4.79 Å². The van der Waals surface area contributed by atoms with E-state index >= 15 is 0 Å². The first-order valence-electron chi connectivity index (χ1n) is 6.76. The summed E-state index contributed by atoms with van der Waals surface area (Å²) >= 11 is 1.23. The number of nitriles is 1. The summed E-state index contributed by atoms with van der Waals surface area (Å²) in [6.07, 6.45) is -0.832. The lowest BCUT2D eigenvalue weighted by molar-refractivity contribution is -0.153. The van der Waals surface area contributed by atoms with Gasteiger partial charge in [0.15, 0.2) is 12.7 Å². The maximum Gasteiger partial charge on any atom is 0.347 e. The normalized spacial score (nSPS) is 11.1. The van der Waals surface area contributed by atoms with E-state index < -0.39 is 24.6 Å². The average molecular weight is 330 g/mol. The monoisotopic (exact) mass is 330 g/mol. The molecule has 23 heavy (non-hydrogen) atoms. The van der Waals surface area contributed by atoms with Crippen LogP contribution in [0.2, 0.25) is 0 Å². The molecule has 118 valence electrons. The second kappa shape index (κ2) is 7.96. The number of amides is 1. The van der Waals surface area contributed by atoms with Crippen LogP contribution in [0.4, 0.5) is 5.00 Å². The zero-order chi connectivity index (χ0) is 16.7. The Morgan fingerprint density at radius 3 is 2.74 bits per heavy atom. The number of rotatable bonds is 6. The first-order valence-corrected chi connectivity index (χ1v) is 7.64. The quantitative estimate of drug-likeness (QED) is 0.822. The van der Waals surface area contributed by atoms with Gasteiger partial charge in [0.1, 0.15) is 16.8 Å². The summed E-state index contributed by atoms with van der Waals surface area (Å²) in [7, 11) is 0. The molecule has 0 saturated heterocycles. The van der Waals surface area contributed by atoms with Crippen molar-refractivity contribution in [2.24, 2.45) is 0 Å².